The molecule has 1 N–H and O–H groups in total. The van der Waals surface area contributed by atoms with Gasteiger partial charge >= 0.3 is 0 Å². The molecule has 0 amide bonds. The maximum absolute atomic E-state index is 8.70. The summed E-state index contributed by atoms with van der Waals surface area (Å²) in [6.07, 6.45) is 4.08. The first kappa shape index (κ1) is 10.5. The van der Waals surface area contributed by atoms with Crippen molar-refractivity contribution in [2.24, 2.45) is 0 Å². The smallest absolute Gasteiger partial charge is 0.0991 e. The first-order valence-electron chi connectivity index (χ1n) is 4.62. The molecule has 1 aromatic carbocycles. The SMILES string of the molecule is CNC(C)/C=C/c1cccc(C#N)c1. The van der Waals surface area contributed by atoms with Gasteiger partial charge in [-0.2, -0.15) is 5.26 Å². The van der Waals surface area contributed by atoms with Gasteiger partial charge in [0, 0.05) is 6.04 Å². The van der Waals surface area contributed by atoms with Gasteiger partial charge in [0.2, 0.25) is 0 Å². The molecule has 0 heterocycles. The van der Waals surface area contributed by atoms with Crippen molar-refractivity contribution in [2.45, 2.75) is 13.0 Å². The summed E-state index contributed by atoms with van der Waals surface area (Å²) >= 11 is 0. The third-order valence-corrected chi connectivity index (χ3v) is 2.05. The minimum Gasteiger partial charge on any atom is -0.314 e. The zero-order valence-corrected chi connectivity index (χ0v) is 8.49. The second-order valence-corrected chi connectivity index (χ2v) is 3.17. The van der Waals surface area contributed by atoms with Gasteiger partial charge < -0.3 is 5.32 Å². The second kappa shape index (κ2) is 5.21. The Balaban J connectivity index is 2.77. The maximum atomic E-state index is 8.70. The van der Waals surface area contributed by atoms with Crippen molar-refractivity contribution in [1.29, 1.82) is 5.26 Å². The fourth-order valence-electron chi connectivity index (χ4n) is 1.06. The lowest BCUT2D eigenvalue weighted by atomic mass is 10.1. The Bertz CT molecular complexity index is 361. The largest absolute Gasteiger partial charge is 0.314 e. The van der Waals surface area contributed by atoms with E-state index in [1.165, 1.54) is 0 Å². The lowest BCUT2D eigenvalue weighted by Gasteiger charge is -2.02. The predicted molar refractivity (Wildman–Crippen MR) is 58.7 cm³/mol. The summed E-state index contributed by atoms with van der Waals surface area (Å²) in [6, 6.07) is 10.0. The van der Waals surface area contributed by atoms with Crippen molar-refractivity contribution in [3.8, 4) is 6.07 Å². The van der Waals surface area contributed by atoms with Crippen LogP contribution in [-0.2, 0) is 0 Å². The predicted octanol–water partition coefficient (Wildman–Crippen LogP) is 2.18. The second-order valence-electron chi connectivity index (χ2n) is 3.17. The summed E-state index contributed by atoms with van der Waals surface area (Å²) in [6.45, 7) is 2.07. The van der Waals surface area contributed by atoms with Crippen molar-refractivity contribution < 1.29 is 0 Å². The number of nitrogens with one attached hydrogen (secondary N) is 1. The number of benzene rings is 1. The normalized spacial score (nSPS) is 12.6. The molecule has 0 bridgehead atoms. The van der Waals surface area contributed by atoms with Gasteiger partial charge in [-0.25, -0.2) is 0 Å². The molecule has 1 aromatic rings. The highest BCUT2D eigenvalue weighted by Gasteiger charge is 1.92. The first-order valence-corrected chi connectivity index (χ1v) is 4.62. The first-order chi connectivity index (χ1) is 6.76. The Labute approximate surface area is 84.9 Å². The molecule has 0 aromatic heterocycles. The van der Waals surface area contributed by atoms with E-state index in [4.69, 9.17) is 5.26 Å². The fourth-order valence-corrected chi connectivity index (χ4v) is 1.06. The Morgan fingerprint density at radius 1 is 1.50 bits per heavy atom. The molecule has 0 aliphatic carbocycles. The van der Waals surface area contributed by atoms with E-state index in [0.29, 0.717) is 11.6 Å². The molecule has 2 nitrogen and oxygen atoms in total. The van der Waals surface area contributed by atoms with Gasteiger partial charge in [0.15, 0.2) is 0 Å². The van der Waals surface area contributed by atoms with Gasteiger partial charge in [-0.15, -0.1) is 0 Å². The topological polar surface area (TPSA) is 35.8 Å². The minimum atomic E-state index is 0.348. The minimum absolute atomic E-state index is 0.348. The Morgan fingerprint density at radius 3 is 2.93 bits per heavy atom. The lowest BCUT2D eigenvalue weighted by molar-refractivity contribution is 0.731. The molecular weight excluding hydrogens is 172 g/mol. The Morgan fingerprint density at radius 2 is 2.29 bits per heavy atom. The maximum Gasteiger partial charge on any atom is 0.0991 e. The summed E-state index contributed by atoms with van der Waals surface area (Å²) < 4.78 is 0. The number of hydrogen-bond donors (Lipinski definition) is 1. The van der Waals surface area contributed by atoms with E-state index in [-0.39, 0.29) is 0 Å². The summed E-state index contributed by atoms with van der Waals surface area (Å²) in [5, 5.41) is 11.8. The summed E-state index contributed by atoms with van der Waals surface area (Å²) in [5.74, 6) is 0. The molecule has 0 saturated heterocycles. The van der Waals surface area contributed by atoms with Gasteiger partial charge in [-0.1, -0.05) is 24.3 Å². The van der Waals surface area contributed by atoms with Crippen LogP contribution in [-0.4, -0.2) is 13.1 Å². The van der Waals surface area contributed by atoms with Crippen LogP contribution in [0.2, 0.25) is 0 Å². The summed E-state index contributed by atoms with van der Waals surface area (Å²) in [4.78, 5) is 0. The van der Waals surface area contributed by atoms with E-state index < -0.39 is 0 Å². The van der Waals surface area contributed by atoms with Crippen LogP contribution in [0.4, 0.5) is 0 Å². The van der Waals surface area contributed by atoms with Gasteiger partial charge in [-0.3, -0.25) is 0 Å². The zero-order valence-electron chi connectivity index (χ0n) is 8.49. The molecule has 0 aliphatic heterocycles. The number of nitriles is 1. The Kier molecular flexibility index (Phi) is 3.90. The number of hydrogen-bond acceptors (Lipinski definition) is 2. The molecule has 1 rings (SSSR count). The molecule has 72 valence electrons. The highest BCUT2D eigenvalue weighted by atomic mass is 14.8. The van der Waals surface area contributed by atoms with Crippen molar-refractivity contribution in [2.75, 3.05) is 7.05 Å². The standard InChI is InChI=1S/C12H14N2/c1-10(14-2)6-7-11-4-3-5-12(8-11)9-13/h3-8,10,14H,1-2H3/b7-6+. The van der Waals surface area contributed by atoms with Crippen LogP contribution in [0.5, 0.6) is 0 Å². The number of likely N-dealkylation sites (N-methyl/N-ethyl adjacent to an activating group) is 1. The van der Waals surface area contributed by atoms with E-state index in [1.807, 2.05) is 31.3 Å². The molecule has 0 radical (unpaired) electrons. The van der Waals surface area contributed by atoms with Crippen LogP contribution in [0.1, 0.15) is 18.1 Å². The molecule has 1 unspecified atom stereocenters. The highest BCUT2D eigenvalue weighted by molar-refractivity contribution is 5.52. The number of rotatable bonds is 3. The fraction of sp³-hybridized carbons (Fsp3) is 0.250. The third kappa shape index (κ3) is 3.04. The van der Waals surface area contributed by atoms with Crippen LogP contribution in [0.25, 0.3) is 6.08 Å². The zero-order chi connectivity index (χ0) is 10.4. The molecule has 0 aliphatic rings. The quantitative estimate of drug-likeness (QED) is 0.785. The van der Waals surface area contributed by atoms with E-state index in [1.54, 1.807) is 6.07 Å². The van der Waals surface area contributed by atoms with Crippen LogP contribution in [0.15, 0.2) is 30.3 Å². The van der Waals surface area contributed by atoms with Crippen LogP contribution in [0.3, 0.4) is 0 Å². The van der Waals surface area contributed by atoms with E-state index in [9.17, 15) is 0 Å². The van der Waals surface area contributed by atoms with Crippen molar-refractivity contribution in [3.63, 3.8) is 0 Å². The van der Waals surface area contributed by atoms with Crippen molar-refractivity contribution >= 4 is 6.08 Å². The summed E-state index contributed by atoms with van der Waals surface area (Å²) in [5.41, 5.74) is 1.76. The van der Waals surface area contributed by atoms with Gasteiger partial charge in [0.25, 0.3) is 0 Å². The molecule has 14 heavy (non-hydrogen) atoms. The molecular formula is C12H14N2. The molecule has 0 saturated carbocycles. The van der Waals surface area contributed by atoms with Crippen LogP contribution >= 0.6 is 0 Å². The van der Waals surface area contributed by atoms with E-state index in [0.717, 1.165) is 5.56 Å². The van der Waals surface area contributed by atoms with Gasteiger partial charge in [0.05, 0.1) is 11.6 Å². The van der Waals surface area contributed by atoms with E-state index >= 15 is 0 Å². The molecule has 2 heteroatoms. The monoisotopic (exact) mass is 186 g/mol. The van der Waals surface area contributed by atoms with Gasteiger partial charge in [0.1, 0.15) is 0 Å². The van der Waals surface area contributed by atoms with Gasteiger partial charge in [-0.05, 0) is 31.7 Å². The molecule has 0 spiro atoms. The van der Waals surface area contributed by atoms with Crippen LogP contribution < -0.4 is 5.32 Å². The lowest BCUT2D eigenvalue weighted by Crippen LogP contribution is -2.17. The van der Waals surface area contributed by atoms with Crippen LogP contribution in [0, 0.1) is 11.3 Å². The highest BCUT2D eigenvalue weighted by Crippen LogP contribution is 2.06. The van der Waals surface area contributed by atoms with Crippen molar-refractivity contribution in [3.05, 3.63) is 41.5 Å². The van der Waals surface area contributed by atoms with Crippen molar-refractivity contribution in [1.82, 2.24) is 5.32 Å². The average Bonchev–Trinajstić information content (AvgIpc) is 2.26. The third-order valence-electron chi connectivity index (χ3n) is 2.05. The Hall–Kier alpha value is -1.59. The molecule has 1 atom stereocenters. The van der Waals surface area contributed by atoms with E-state index in [2.05, 4.69) is 24.4 Å². The molecule has 0 fully saturated rings. The average molecular weight is 186 g/mol. The summed E-state index contributed by atoms with van der Waals surface area (Å²) in [7, 11) is 1.92. The number of nitrogens with zero attached hydrogens (tertiary/aromatic N) is 1.